The van der Waals surface area contributed by atoms with E-state index < -0.39 is 0 Å². The molecule has 4 rings (SSSR count). The molecule has 2 heterocycles. The molecule has 2 amide bonds. The Morgan fingerprint density at radius 2 is 1.83 bits per heavy atom. The van der Waals surface area contributed by atoms with Gasteiger partial charge >= 0.3 is 0 Å². The minimum Gasteiger partial charge on any atom is -0.486 e. The average molecular weight is 475 g/mol. The van der Waals surface area contributed by atoms with E-state index in [-0.39, 0.29) is 36.1 Å². The second kappa shape index (κ2) is 10.8. The first-order valence-electron chi connectivity index (χ1n) is 12.3. The van der Waals surface area contributed by atoms with Crippen molar-refractivity contribution in [3.63, 3.8) is 0 Å². The van der Waals surface area contributed by atoms with E-state index in [4.69, 9.17) is 9.15 Å². The van der Waals surface area contributed by atoms with E-state index in [0.717, 1.165) is 17.5 Å². The van der Waals surface area contributed by atoms with Crippen molar-refractivity contribution in [1.82, 2.24) is 10.2 Å². The Morgan fingerprint density at radius 3 is 2.54 bits per heavy atom. The Hall–Kier alpha value is -3.54. The fourth-order valence-corrected chi connectivity index (χ4v) is 4.36. The van der Waals surface area contributed by atoms with Crippen molar-refractivity contribution in [2.75, 3.05) is 13.1 Å². The molecule has 0 aliphatic carbocycles. The van der Waals surface area contributed by atoms with E-state index in [1.807, 2.05) is 62.9 Å². The fourth-order valence-electron chi connectivity index (χ4n) is 4.36. The quantitative estimate of drug-likeness (QED) is 0.476. The van der Waals surface area contributed by atoms with Gasteiger partial charge in [-0.25, -0.2) is 0 Å². The van der Waals surface area contributed by atoms with Crippen molar-refractivity contribution in [1.29, 1.82) is 0 Å². The van der Waals surface area contributed by atoms with Crippen LogP contribution in [0.2, 0.25) is 0 Å². The first kappa shape index (κ1) is 24.6. The highest BCUT2D eigenvalue weighted by molar-refractivity contribution is 5.91. The number of carbonyl (C=O) groups is 2. The molecule has 35 heavy (non-hydrogen) atoms. The summed E-state index contributed by atoms with van der Waals surface area (Å²) < 4.78 is 11.7. The standard InChI is InChI=1S/C29H34N2O4/c1-19(2)17-30-28(32)26-13-12-24(35-26)18-34-23-11-10-21-14-15-31(29(33)20(3)4)27(25(21)16-23)22-8-6-5-7-9-22/h5-13,16,19-20,27H,14-15,17-18H2,1-4H3,(H,30,32). The van der Waals surface area contributed by atoms with E-state index in [1.54, 1.807) is 12.1 Å². The lowest BCUT2D eigenvalue weighted by molar-refractivity contribution is -0.136. The minimum absolute atomic E-state index is 0.0759. The van der Waals surface area contributed by atoms with Gasteiger partial charge in [0.05, 0.1) is 6.04 Å². The lowest BCUT2D eigenvalue weighted by Crippen LogP contribution is -2.42. The first-order chi connectivity index (χ1) is 16.8. The third kappa shape index (κ3) is 5.76. The van der Waals surface area contributed by atoms with Gasteiger partial charge in [0.15, 0.2) is 5.76 Å². The van der Waals surface area contributed by atoms with Crippen LogP contribution in [0.1, 0.15) is 66.7 Å². The molecule has 184 valence electrons. The average Bonchev–Trinajstić information content (AvgIpc) is 3.34. The third-order valence-corrected chi connectivity index (χ3v) is 6.18. The van der Waals surface area contributed by atoms with E-state index in [2.05, 4.69) is 23.5 Å². The van der Waals surface area contributed by atoms with Crippen molar-refractivity contribution in [2.45, 2.75) is 46.8 Å². The van der Waals surface area contributed by atoms with Crippen LogP contribution in [0.15, 0.2) is 65.1 Å². The van der Waals surface area contributed by atoms with Crippen LogP contribution in [0, 0.1) is 11.8 Å². The summed E-state index contributed by atoms with van der Waals surface area (Å²) in [6, 6.07) is 19.5. The Labute approximate surface area is 207 Å². The van der Waals surface area contributed by atoms with Crippen LogP contribution in [0.4, 0.5) is 0 Å². The van der Waals surface area contributed by atoms with Gasteiger partial charge in [-0.3, -0.25) is 9.59 Å². The first-order valence-corrected chi connectivity index (χ1v) is 12.3. The van der Waals surface area contributed by atoms with Crippen LogP contribution < -0.4 is 10.1 Å². The zero-order valence-corrected chi connectivity index (χ0v) is 20.9. The maximum atomic E-state index is 13.1. The van der Waals surface area contributed by atoms with Crippen molar-refractivity contribution in [3.8, 4) is 5.75 Å². The highest BCUT2D eigenvalue weighted by Crippen LogP contribution is 2.38. The summed E-state index contributed by atoms with van der Waals surface area (Å²) >= 11 is 0. The number of amides is 2. The Balaban J connectivity index is 1.53. The Bertz CT molecular complexity index is 1170. The largest absolute Gasteiger partial charge is 0.486 e. The molecule has 0 fully saturated rings. The molecular weight excluding hydrogens is 440 g/mol. The zero-order valence-electron chi connectivity index (χ0n) is 20.9. The number of hydrogen-bond acceptors (Lipinski definition) is 4. The maximum absolute atomic E-state index is 13.1. The van der Waals surface area contributed by atoms with Gasteiger partial charge in [0.2, 0.25) is 5.91 Å². The van der Waals surface area contributed by atoms with Gasteiger partial charge in [-0.05, 0) is 53.3 Å². The van der Waals surface area contributed by atoms with E-state index in [0.29, 0.717) is 30.5 Å². The van der Waals surface area contributed by atoms with Crippen LogP contribution >= 0.6 is 0 Å². The number of nitrogens with one attached hydrogen (secondary N) is 1. The van der Waals surface area contributed by atoms with Crippen LogP contribution in [0.25, 0.3) is 0 Å². The number of benzene rings is 2. The van der Waals surface area contributed by atoms with E-state index in [1.165, 1.54) is 5.56 Å². The fraction of sp³-hybridized carbons (Fsp3) is 0.379. The topological polar surface area (TPSA) is 71.8 Å². The van der Waals surface area contributed by atoms with Gasteiger partial charge in [-0.1, -0.05) is 64.1 Å². The number of nitrogens with zero attached hydrogens (tertiary/aromatic N) is 1. The lowest BCUT2D eigenvalue weighted by atomic mass is 9.87. The van der Waals surface area contributed by atoms with E-state index >= 15 is 0 Å². The van der Waals surface area contributed by atoms with Crippen molar-refractivity contribution in [3.05, 3.63) is 88.9 Å². The number of carbonyl (C=O) groups excluding carboxylic acids is 2. The Morgan fingerprint density at radius 1 is 1.06 bits per heavy atom. The predicted molar refractivity (Wildman–Crippen MR) is 135 cm³/mol. The lowest BCUT2D eigenvalue weighted by Gasteiger charge is -2.39. The number of rotatable bonds is 8. The van der Waals surface area contributed by atoms with Gasteiger partial charge in [0.25, 0.3) is 5.91 Å². The van der Waals surface area contributed by atoms with Crippen molar-refractivity contribution in [2.24, 2.45) is 11.8 Å². The van der Waals surface area contributed by atoms with Gasteiger partial charge in [-0.15, -0.1) is 0 Å². The summed E-state index contributed by atoms with van der Waals surface area (Å²) in [4.78, 5) is 27.3. The normalized spacial score (nSPS) is 15.3. The molecule has 1 aliphatic heterocycles. The van der Waals surface area contributed by atoms with Gasteiger partial charge in [0.1, 0.15) is 18.1 Å². The number of hydrogen-bond donors (Lipinski definition) is 1. The summed E-state index contributed by atoms with van der Waals surface area (Å²) in [5.41, 5.74) is 3.39. The van der Waals surface area contributed by atoms with Crippen LogP contribution in [0.3, 0.4) is 0 Å². The number of furan rings is 1. The molecule has 1 aromatic heterocycles. The summed E-state index contributed by atoms with van der Waals surface area (Å²) in [5.74, 6) is 1.77. The molecule has 6 nitrogen and oxygen atoms in total. The maximum Gasteiger partial charge on any atom is 0.287 e. The second-order valence-corrected chi connectivity index (χ2v) is 9.77. The van der Waals surface area contributed by atoms with Gasteiger partial charge in [-0.2, -0.15) is 0 Å². The van der Waals surface area contributed by atoms with Gasteiger partial charge in [0, 0.05) is 19.0 Å². The SMILES string of the molecule is CC(C)CNC(=O)c1ccc(COc2ccc3c(c2)C(c2ccccc2)N(C(=O)C(C)C)CC3)o1. The molecule has 0 saturated heterocycles. The molecule has 0 saturated carbocycles. The zero-order chi connectivity index (χ0) is 24.9. The van der Waals surface area contributed by atoms with Gasteiger partial charge < -0.3 is 19.4 Å². The molecule has 1 unspecified atom stereocenters. The molecule has 0 spiro atoms. The number of ether oxygens (including phenoxy) is 1. The molecule has 0 radical (unpaired) electrons. The monoisotopic (exact) mass is 474 g/mol. The summed E-state index contributed by atoms with van der Waals surface area (Å²) in [6.07, 6.45) is 0.810. The minimum atomic E-state index is -0.223. The predicted octanol–water partition coefficient (Wildman–Crippen LogP) is 5.37. The third-order valence-electron chi connectivity index (χ3n) is 6.18. The molecular formula is C29H34N2O4. The smallest absolute Gasteiger partial charge is 0.287 e. The summed E-state index contributed by atoms with van der Waals surface area (Å²) in [6.45, 7) is 9.47. The number of fused-ring (bicyclic) bond motifs is 1. The molecule has 1 aliphatic rings. The highest BCUT2D eigenvalue weighted by Gasteiger charge is 2.33. The highest BCUT2D eigenvalue weighted by atomic mass is 16.5. The second-order valence-electron chi connectivity index (χ2n) is 9.77. The Kier molecular flexibility index (Phi) is 7.59. The molecule has 1 N–H and O–H groups in total. The van der Waals surface area contributed by atoms with Crippen LogP contribution in [-0.4, -0.2) is 29.8 Å². The summed E-state index contributed by atoms with van der Waals surface area (Å²) in [7, 11) is 0. The van der Waals surface area contributed by atoms with Crippen LogP contribution in [-0.2, 0) is 17.8 Å². The van der Waals surface area contributed by atoms with Crippen molar-refractivity contribution >= 4 is 11.8 Å². The van der Waals surface area contributed by atoms with Crippen LogP contribution in [0.5, 0.6) is 5.75 Å². The molecule has 2 aromatic carbocycles. The molecule has 1 atom stereocenters. The summed E-state index contributed by atoms with van der Waals surface area (Å²) in [5, 5.41) is 2.86. The molecule has 6 heteroatoms. The molecule has 3 aromatic rings. The van der Waals surface area contributed by atoms with Crippen molar-refractivity contribution < 1.29 is 18.7 Å². The molecule has 0 bridgehead atoms. The van der Waals surface area contributed by atoms with E-state index in [9.17, 15) is 9.59 Å².